The van der Waals surface area contributed by atoms with E-state index in [9.17, 15) is 9.59 Å². The zero-order chi connectivity index (χ0) is 21.5. The van der Waals surface area contributed by atoms with E-state index in [0.29, 0.717) is 30.9 Å². The van der Waals surface area contributed by atoms with Crippen molar-refractivity contribution in [3.05, 3.63) is 80.5 Å². The fraction of sp³-hybridized carbons (Fsp3) is 0.333. The number of amides is 1. The number of hydrogen-bond donors (Lipinski definition) is 0. The lowest BCUT2D eigenvalue weighted by Gasteiger charge is -2.21. The molecule has 31 heavy (non-hydrogen) atoms. The van der Waals surface area contributed by atoms with E-state index in [2.05, 4.69) is 17.2 Å². The summed E-state index contributed by atoms with van der Waals surface area (Å²) in [5, 5.41) is 13.4. The minimum atomic E-state index is -0.277. The highest BCUT2D eigenvalue weighted by atomic mass is 16.2. The van der Waals surface area contributed by atoms with Crippen LogP contribution >= 0.6 is 0 Å². The van der Waals surface area contributed by atoms with E-state index < -0.39 is 0 Å². The van der Waals surface area contributed by atoms with Crippen LogP contribution in [-0.2, 0) is 25.9 Å². The largest absolute Gasteiger partial charge is 0.333 e. The van der Waals surface area contributed by atoms with E-state index in [1.807, 2.05) is 25.1 Å². The van der Waals surface area contributed by atoms with E-state index >= 15 is 0 Å². The number of hydrogen-bond acceptors (Lipinski definition) is 4. The van der Waals surface area contributed by atoms with E-state index in [1.165, 1.54) is 11.1 Å². The van der Waals surface area contributed by atoms with Crippen molar-refractivity contribution in [3.8, 4) is 11.8 Å². The number of fused-ring (bicyclic) bond motifs is 2. The number of nitriles is 1. The predicted molar refractivity (Wildman–Crippen MR) is 115 cm³/mol. The first kappa shape index (κ1) is 19.3. The van der Waals surface area contributed by atoms with Gasteiger partial charge in [0.05, 0.1) is 17.9 Å². The fourth-order valence-corrected chi connectivity index (χ4v) is 4.75. The van der Waals surface area contributed by atoms with Crippen molar-refractivity contribution in [1.82, 2.24) is 19.2 Å². The molecule has 1 amide bonds. The summed E-state index contributed by atoms with van der Waals surface area (Å²) in [4.78, 5) is 28.7. The summed E-state index contributed by atoms with van der Waals surface area (Å²) in [5.74, 6) is -0.266. The van der Waals surface area contributed by atoms with Crippen molar-refractivity contribution in [2.24, 2.45) is 0 Å². The van der Waals surface area contributed by atoms with Crippen molar-refractivity contribution >= 4 is 5.91 Å². The average Bonchev–Trinajstić information content (AvgIpc) is 3.35. The van der Waals surface area contributed by atoms with Gasteiger partial charge in [0.15, 0.2) is 5.69 Å². The molecule has 7 nitrogen and oxygen atoms in total. The second-order valence-electron chi connectivity index (χ2n) is 8.25. The second-order valence-corrected chi connectivity index (χ2v) is 8.25. The highest BCUT2D eigenvalue weighted by molar-refractivity contribution is 5.95. The number of aryl methyl sites for hydroxylation is 3. The SMILES string of the molecule is Cc1ccn(-c2cccc3c2CCC3)c(=O)c1C(=O)N1CCCn2nc(C#N)cc2C1. The van der Waals surface area contributed by atoms with Crippen molar-refractivity contribution in [2.45, 2.75) is 45.7 Å². The van der Waals surface area contributed by atoms with Crippen molar-refractivity contribution in [3.63, 3.8) is 0 Å². The molecule has 0 bridgehead atoms. The van der Waals surface area contributed by atoms with Gasteiger partial charge in [-0.2, -0.15) is 10.4 Å². The predicted octanol–water partition coefficient (Wildman–Crippen LogP) is 2.75. The van der Waals surface area contributed by atoms with Gasteiger partial charge in [-0.15, -0.1) is 0 Å². The number of benzene rings is 1. The van der Waals surface area contributed by atoms with Gasteiger partial charge in [0.1, 0.15) is 11.6 Å². The fourth-order valence-electron chi connectivity index (χ4n) is 4.75. The Morgan fingerprint density at radius 1 is 1.16 bits per heavy atom. The molecule has 3 heterocycles. The van der Waals surface area contributed by atoms with Crippen LogP contribution in [0, 0.1) is 18.3 Å². The third-order valence-electron chi connectivity index (χ3n) is 6.31. The lowest BCUT2D eigenvalue weighted by atomic mass is 10.1. The van der Waals surface area contributed by atoms with Gasteiger partial charge in [-0.05, 0) is 67.5 Å². The molecule has 0 radical (unpaired) electrons. The number of nitrogens with zero attached hydrogens (tertiary/aromatic N) is 5. The average molecular weight is 413 g/mol. The van der Waals surface area contributed by atoms with Gasteiger partial charge >= 0.3 is 0 Å². The van der Waals surface area contributed by atoms with Crippen LogP contribution in [0.2, 0.25) is 0 Å². The Balaban J connectivity index is 1.54. The van der Waals surface area contributed by atoms with Crippen molar-refractivity contribution in [1.29, 1.82) is 5.26 Å². The van der Waals surface area contributed by atoms with Gasteiger partial charge in [0.2, 0.25) is 0 Å². The van der Waals surface area contributed by atoms with Crippen LogP contribution in [0.25, 0.3) is 5.69 Å². The minimum absolute atomic E-state index is 0.214. The maximum atomic E-state index is 13.5. The molecule has 1 aliphatic carbocycles. The lowest BCUT2D eigenvalue weighted by Crippen LogP contribution is -2.37. The van der Waals surface area contributed by atoms with E-state index in [0.717, 1.165) is 37.1 Å². The summed E-state index contributed by atoms with van der Waals surface area (Å²) in [5.41, 5.74) is 5.14. The first-order valence-corrected chi connectivity index (χ1v) is 10.7. The van der Waals surface area contributed by atoms with Gasteiger partial charge in [-0.25, -0.2) is 0 Å². The first-order valence-electron chi connectivity index (χ1n) is 10.7. The lowest BCUT2D eigenvalue weighted by molar-refractivity contribution is 0.0743. The molecular formula is C24H23N5O2. The quantitative estimate of drug-likeness (QED) is 0.647. The summed E-state index contributed by atoms with van der Waals surface area (Å²) < 4.78 is 3.41. The van der Waals surface area contributed by atoms with Crippen molar-refractivity contribution < 1.29 is 4.79 Å². The minimum Gasteiger partial charge on any atom is -0.333 e. The Kier molecular flexibility index (Phi) is 4.70. The first-order chi connectivity index (χ1) is 15.1. The molecule has 0 fully saturated rings. The van der Waals surface area contributed by atoms with Crippen LogP contribution in [0.3, 0.4) is 0 Å². The molecule has 0 unspecified atom stereocenters. The summed E-state index contributed by atoms with van der Waals surface area (Å²) in [7, 11) is 0. The highest BCUT2D eigenvalue weighted by Crippen LogP contribution is 2.27. The van der Waals surface area contributed by atoms with Crippen LogP contribution in [0.15, 0.2) is 41.3 Å². The molecule has 0 saturated carbocycles. The van der Waals surface area contributed by atoms with Crippen molar-refractivity contribution in [2.75, 3.05) is 6.54 Å². The third kappa shape index (κ3) is 3.25. The summed E-state index contributed by atoms with van der Waals surface area (Å²) in [6, 6.07) is 11.7. The molecule has 0 atom stereocenters. The highest BCUT2D eigenvalue weighted by Gasteiger charge is 2.26. The number of carbonyl (C=O) groups excluding carboxylic acids is 1. The Morgan fingerprint density at radius 2 is 2.03 bits per heavy atom. The van der Waals surface area contributed by atoms with Crippen LogP contribution in [0.1, 0.15) is 51.3 Å². The molecular weight excluding hydrogens is 390 g/mol. The molecule has 7 heteroatoms. The molecule has 1 aromatic carbocycles. The molecule has 2 aromatic heterocycles. The van der Waals surface area contributed by atoms with Gasteiger partial charge in [0, 0.05) is 19.3 Å². The maximum Gasteiger partial charge on any atom is 0.268 e. The third-order valence-corrected chi connectivity index (χ3v) is 6.31. The number of carbonyl (C=O) groups is 1. The number of aromatic nitrogens is 3. The van der Waals surface area contributed by atoms with Gasteiger partial charge in [0.25, 0.3) is 11.5 Å². The van der Waals surface area contributed by atoms with Gasteiger partial charge in [-0.1, -0.05) is 12.1 Å². The van der Waals surface area contributed by atoms with Gasteiger partial charge in [-0.3, -0.25) is 18.8 Å². The Morgan fingerprint density at radius 3 is 2.87 bits per heavy atom. The van der Waals surface area contributed by atoms with E-state index in [1.54, 1.807) is 26.4 Å². The van der Waals surface area contributed by atoms with Crippen LogP contribution in [0.4, 0.5) is 0 Å². The summed E-state index contributed by atoms with van der Waals surface area (Å²) >= 11 is 0. The summed E-state index contributed by atoms with van der Waals surface area (Å²) in [6.45, 7) is 3.33. The number of pyridine rings is 1. The Bertz CT molecular complexity index is 1290. The van der Waals surface area contributed by atoms with Crippen LogP contribution < -0.4 is 5.56 Å². The molecule has 5 rings (SSSR count). The van der Waals surface area contributed by atoms with E-state index in [4.69, 9.17) is 5.26 Å². The second kappa shape index (κ2) is 7.55. The molecule has 0 saturated heterocycles. The molecule has 0 N–H and O–H groups in total. The molecule has 1 aliphatic heterocycles. The molecule has 0 spiro atoms. The standard InChI is InChI=1S/C24H23N5O2/c1-16-9-12-28(21-8-3-6-17-5-2-7-20(17)21)24(31)22(16)23(30)27-10-4-11-29-19(15-27)13-18(14-25)26-29/h3,6,8-9,12-13H,2,4-5,7,10-11,15H2,1H3. The zero-order valence-corrected chi connectivity index (χ0v) is 17.5. The van der Waals surface area contributed by atoms with Gasteiger partial charge < -0.3 is 4.90 Å². The normalized spacial score (nSPS) is 15.2. The zero-order valence-electron chi connectivity index (χ0n) is 17.5. The van der Waals surface area contributed by atoms with Crippen LogP contribution in [0.5, 0.6) is 0 Å². The Labute approximate surface area is 180 Å². The molecule has 3 aromatic rings. The Hall–Kier alpha value is -3.66. The number of rotatable bonds is 2. The topological polar surface area (TPSA) is 83.9 Å². The van der Waals surface area contributed by atoms with Crippen LogP contribution in [-0.4, -0.2) is 31.7 Å². The maximum absolute atomic E-state index is 13.5. The van der Waals surface area contributed by atoms with E-state index in [-0.39, 0.29) is 17.0 Å². The smallest absolute Gasteiger partial charge is 0.268 e. The molecule has 2 aliphatic rings. The molecule has 156 valence electrons. The summed E-state index contributed by atoms with van der Waals surface area (Å²) in [6.07, 6.45) is 5.57. The monoisotopic (exact) mass is 413 g/mol.